The van der Waals surface area contributed by atoms with E-state index < -0.39 is 0 Å². The lowest BCUT2D eigenvalue weighted by molar-refractivity contribution is 0.190. The van der Waals surface area contributed by atoms with Crippen LogP contribution in [-0.2, 0) is 4.74 Å². The highest BCUT2D eigenvalue weighted by atomic mass is 16.5. The minimum absolute atomic E-state index is 0.268. The summed E-state index contributed by atoms with van der Waals surface area (Å²) in [6.45, 7) is 6.09. The maximum Gasteiger partial charge on any atom is 0.0462 e. The van der Waals surface area contributed by atoms with Gasteiger partial charge in [-0.3, -0.25) is 0 Å². The van der Waals surface area contributed by atoms with Crippen LogP contribution in [0.25, 0.3) is 0 Å². The quantitative estimate of drug-likeness (QED) is 0.561. The van der Waals surface area contributed by atoms with E-state index in [0.29, 0.717) is 6.04 Å². The molecule has 0 aromatic carbocycles. The fourth-order valence-electron chi connectivity index (χ4n) is 1.09. The lowest BCUT2D eigenvalue weighted by Gasteiger charge is -2.16. The van der Waals surface area contributed by atoms with Gasteiger partial charge in [0.2, 0.25) is 0 Å². The Morgan fingerprint density at radius 2 is 2.15 bits per heavy atom. The number of methoxy groups -OCH3 is 1. The molecule has 0 saturated heterocycles. The van der Waals surface area contributed by atoms with Crippen molar-refractivity contribution in [3.63, 3.8) is 0 Å². The lowest BCUT2D eigenvalue weighted by atomic mass is 10.1. The van der Waals surface area contributed by atoms with E-state index in [9.17, 15) is 0 Å². The second-order valence-corrected chi connectivity index (χ2v) is 3.61. The zero-order valence-electron chi connectivity index (χ0n) is 9.18. The summed E-state index contributed by atoms with van der Waals surface area (Å²) in [4.78, 5) is 0. The van der Waals surface area contributed by atoms with Crippen LogP contribution >= 0.6 is 0 Å². The first-order valence-corrected chi connectivity index (χ1v) is 5.18. The minimum Gasteiger partial charge on any atom is -0.385 e. The highest BCUT2D eigenvalue weighted by Gasteiger charge is 2.03. The largest absolute Gasteiger partial charge is 0.385 e. The van der Waals surface area contributed by atoms with Crippen molar-refractivity contribution in [2.24, 2.45) is 5.73 Å². The molecule has 3 heteroatoms. The molecule has 0 fully saturated rings. The van der Waals surface area contributed by atoms with Crippen LogP contribution in [0.3, 0.4) is 0 Å². The Kier molecular flexibility index (Phi) is 8.40. The number of hydrogen-bond acceptors (Lipinski definition) is 3. The predicted molar refractivity (Wildman–Crippen MR) is 56.8 cm³/mol. The summed E-state index contributed by atoms with van der Waals surface area (Å²) >= 11 is 0. The minimum atomic E-state index is 0.268. The van der Waals surface area contributed by atoms with E-state index in [4.69, 9.17) is 10.5 Å². The fraction of sp³-hybridized carbons (Fsp3) is 1.00. The first-order chi connectivity index (χ1) is 6.20. The first-order valence-electron chi connectivity index (χ1n) is 5.18. The zero-order chi connectivity index (χ0) is 10.1. The van der Waals surface area contributed by atoms with E-state index in [1.54, 1.807) is 7.11 Å². The number of rotatable bonds is 8. The van der Waals surface area contributed by atoms with Gasteiger partial charge in [-0.1, -0.05) is 6.92 Å². The van der Waals surface area contributed by atoms with Crippen molar-refractivity contribution in [2.75, 3.05) is 20.3 Å². The molecular formula is C10H24N2O. The molecule has 3 N–H and O–H groups in total. The average Bonchev–Trinajstić information content (AvgIpc) is 2.14. The summed E-state index contributed by atoms with van der Waals surface area (Å²) in [5.41, 5.74) is 5.90. The molecule has 0 aromatic rings. The van der Waals surface area contributed by atoms with Gasteiger partial charge >= 0.3 is 0 Å². The van der Waals surface area contributed by atoms with Crippen LogP contribution in [0.4, 0.5) is 0 Å². The van der Waals surface area contributed by atoms with E-state index in [-0.39, 0.29) is 6.04 Å². The van der Waals surface area contributed by atoms with Crippen molar-refractivity contribution < 1.29 is 4.74 Å². The highest BCUT2D eigenvalue weighted by molar-refractivity contribution is 4.67. The van der Waals surface area contributed by atoms with Gasteiger partial charge < -0.3 is 15.8 Å². The average molecular weight is 188 g/mol. The van der Waals surface area contributed by atoms with E-state index in [0.717, 1.165) is 32.4 Å². The van der Waals surface area contributed by atoms with Crippen LogP contribution in [-0.4, -0.2) is 32.3 Å². The second kappa shape index (κ2) is 8.48. The predicted octanol–water partition coefficient (Wildman–Crippen LogP) is 1.13. The van der Waals surface area contributed by atoms with Gasteiger partial charge in [-0.25, -0.2) is 0 Å². The number of nitrogens with one attached hydrogen (secondary N) is 1. The third kappa shape index (κ3) is 8.22. The molecule has 0 spiro atoms. The molecule has 3 nitrogen and oxygen atoms in total. The molecule has 0 aliphatic rings. The molecule has 0 aromatic heterocycles. The number of ether oxygens (including phenoxy) is 1. The summed E-state index contributed by atoms with van der Waals surface area (Å²) in [6.07, 6.45) is 3.25. The summed E-state index contributed by atoms with van der Waals surface area (Å²) in [5.74, 6) is 0. The van der Waals surface area contributed by atoms with Gasteiger partial charge in [0.1, 0.15) is 0 Å². The van der Waals surface area contributed by atoms with Crippen LogP contribution in [0.1, 0.15) is 33.1 Å². The summed E-state index contributed by atoms with van der Waals surface area (Å²) in [7, 11) is 1.73. The van der Waals surface area contributed by atoms with E-state index >= 15 is 0 Å². The van der Waals surface area contributed by atoms with Crippen molar-refractivity contribution in [3.05, 3.63) is 0 Å². The normalized spacial score (nSPS) is 15.7. The Bertz CT molecular complexity index is 109. The van der Waals surface area contributed by atoms with E-state index in [1.807, 2.05) is 0 Å². The van der Waals surface area contributed by atoms with E-state index in [2.05, 4.69) is 19.2 Å². The topological polar surface area (TPSA) is 47.3 Å². The van der Waals surface area contributed by atoms with Crippen LogP contribution in [0, 0.1) is 0 Å². The maximum absolute atomic E-state index is 5.90. The molecule has 13 heavy (non-hydrogen) atoms. The third-order valence-corrected chi connectivity index (χ3v) is 2.26. The molecule has 0 bridgehead atoms. The van der Waals surface area contributed by atoms with Crippen LogP contribution < -0.4 is 11.1 Å². The lowest BCUT2D eigenvalue weighted by Crippen LogP contribution is -2.38. The van der Waals surface area contributed by atoms with Crippen LogP contribution in [0.5, 0.6) is 0 Å². The summed E-state index contributed by atoms with van der Waals surface area (Å²) in [6, 6.07) is 0.845. The number of hydrogen-bond donors (Lipinski definition) is 2. The van der Waals surface area contributed by atoms with Gasteiger partial charge in [0.05, 0.1) is 0 Å². The van der Waals surface area contributed by atoms with Crippen LogP contribution in [0.15, 0.2) is 0 Å². The standard InChI is InChI=1S/C10H24N2O/c1-4-9(2)12-8-10(11)6-5-7-13-3/h9-10,12H,4-8,11H2,1-3H3. The van der Waals surface area contributed by atoms with Gasteiger partial charge in [-0.2, -0.15) is 0 Å². The molecule has 0 aliphatic heterocycles. The van der Waals surface area contributed by atoms with Gasteiger partial charge in [0.15, 0.2) is 0 Å². The highest BCUT2D eigenvalue weighted by Crippen LogP contribution is 1.95. The summed E-state index contributed by atoms with van der Waals surface area (Å²) in [5, 5.41) is 3.39. The van der Waals surface area contributed by atoms with E-state index in [1.165, 1.54) is 0 Å². The Balaban J connectivity index is 3.24. The third-order valence-electron chi connectivity index (χ3n) is 2.26. The Hall–Kier alpha value is -0.120. The molecule has 0 aliphatic carbocycles. The van der Waals surface area contributed by atoms with Crippen LogP contribution in [0.2, 0.25) is 0 Å². The molecule has 2 atom stereocenters. The first kappa shape index (κ1) is 12.9. The summed E-state index contributed by atoms with van der Waals surface area (Å²) < 4.78 is 4.96. The molecular weight excluding hydrogens is 164 g/mol. The second-order valence-electron chi connectivity index (χ2n) is 3.61. The molecule has 0 saturated carbocycles. The molecule has 0 heterocycles. The molecule has 0 amide bonds. The molecule has 80 valence electrons. The Morgan fingerprint density at radius 3 is 2.69 bits per heavy atom. The van der Waals surface area contributed by atoms with Crippen molar-refractivity contribution in [2.45, 2.75) is 45.2 Å². The van der Waals surface area contributed by atoms with Crippen molar-refractivity contribution in [1.29, 1.82) is 0 Å². The molecule has 0 rings (SSSR count). The van der Waals surface area contributed by atoms with Gasteiger partial charge in [-0.05, 0) is 26.2 Å². The Labute approximate surface area is 82.0 Å². The van der Waals surface area contributed by atoms with Crippen molar-refractivity contribution >= 4 is 0 Å². The zero-order valence-corrected chi connectivity index (χ0v) is 9.18. The van der Waals surface area contributed by atoms with Gasteiger partial charge in [0, 0.05) is 32.3 Å². The Morgan fingerprint density at radius 1 is 1.46 bits per heavy atom. The van der Waals surface area contributed by atoms with Crippen molar-refractivity contribution in [1.82, 2.24) is 5.32 Å². The SMILES string of the molecule is CCC(C)NCC(N)CCCOC. The van der Waals surface area contributed by atoms with Gasteiger partial charge in [-0.15, -0.1) is 0 Å². The number of nitrogens with two attached hydrogens (primary N) is 1. The maximum atomic E-state index is 5.90. The van der Waals surface area contributed by atoms with Gasteiger partial charge in [0.25, 0.3) is 0 Å². The van der Waals surface area contributed by atoms with Crippen molar-refractivity contribution in [3.8, 4) is 0 Å². The molecule has 0 radical (unpaired) electrons. The fourth-order valence-corrected chi connectivity index (χ4v) is 1.09. The molecule has 2 unspecified atom stereocenters. The monoisotopic (exact) mass is 188 g/mol. The smallest absolute Gasteiger partial charge is 0.0462 e.